The minimum absolute atomic E-state index is 0.570. The van der Waals surface area contributed by atoms with E-state index >= 15 is 0 Å². The maximum atomic E-state index is 5.67. The van der Waals surface area contributed by atoms with Gasteiger partial charge < -0.3 is 14.5 Å². The van der Waals surface area contributed by atoms with Gasteiger partial charge in [0, 0.05) is 12.6 Å². The van der Waals surface area contributed by atoms with Crippen molar-refractivity contribution in [3.8, 4) is 0 Å². The smallest absolute Gasteiger partial charge is 0.0576 e. The number of hydrogen-bond acceptors (Lipinski definition) is 3. The average Bonchev–Trinajstić information content (AvgIpc) is 2.83. The molecule has 0 bridgehead atoms. The summed E-state index contributed by atoms with van der Waals surface area (Å²) in [5.41, 5.74) is 0. The van der Waals surface area contributed by atoms with Crippen molar-refractivity contribution in [1.82, 2.24) is 9.80 Å². The lowest BCUT2D eigenvalue weighted by atomic mass is 10.0. The monoisotopic (exact) mass is 240 g/mol. The van der Waals surface area contributed by atoms with E-state index in [1.807, 2.05) is 0 Å². The maximum Gasteiger partial charge on any atom is 0.0576 e. The second-order valence-electron chi connectivity index (χ2n) is 5.79. The molecule has 17 heavy (non-hydrogen) atoms. The highest BCUT2D eigenvalue weighted by molar-refractivity contribution is 4.77. The first-order valence-corrected chi connectivity index (χ1v) is 7.26. The van der Waals surface area contributed by atoms with Crippen molar-refractivity contribution in [2.45, 2.75) is 50.7 Å². The van der Waals surface area contributed by atoms with Gasteiger partial charge in [-0.2, -0.15) is 0 Å². The largest absolute Gasteiger partial charge is 0.378 e. The number of ether oxygens (including phenoxy) is 1. The molecule has 3 nitrogen and oxygen atoms in total. The third-order valence-electron chi connectivity index (χ3n) is 4.37. The minimum atomic E-state index is 0.570. The van der Waals surface area contributed by atoms with Crippen LogP contribution in [0.4, 0.5) is 0 Å². The van der Waals surface area contributed by atoms with Gasteiger partial charge in [0.2, 0.25) is 0 Å². The standard InChI is InChI=1S/C14H28N2O/c1-15-10-7-13(8-11-15)16(2)9-3-5-14-6-4-12-17-14/h13-14H,3-12H2,1-2H3/t14-/m0/s1. The van der Waals surface area contributed by atoms with Crippen LogP contribution in [-0.4, -0.2) is 62.3 Å². The zero-order chi connectivity index (χ0) is 12.1. The molecule has 0 aromatic heterocycles. The molecule has 0 aromatic carbocycles. The van der Waals surface area contributed by atoms with E-state index in [2.05, 4.69) is 23.9 Å². The highest BCUT2D eigenvalue weighted by atomic mass is 16.5. The zero-order valence-electron chi connectivity index (χ0n) is 11.5. The Morgan fingerprint density at radius 3 is 2.65 bits per heavy atom. The second kappa shape index (κ2) is 6.72. The molecule has 0 radical (unpaired) electrons. The molecule has 2 saturated heterocycles. The van der Waals surface area contributed by atoms with Crippen molar-refractivity contribution in [3.63, 3.8) is 0 Å². The Labute approximate surface area is 106 Å². The first kappa shape index (κ1) is 13.3. The lowest BCUT2D eigenvalue weighted by Gasteiger charge is -2.35. The molecule has 0 spiro atoms. The number of likely N-dealkylation sites (tertiary alicyclic amines) is 1. The van der Waals surface area contributed by atoms with Crippen molar-refractivity contribution in [2.75, 3.05) is 40.3 Å². The van der Waals surface area contributed by atoms with E-state index < -0.39 is 0 Å². The fourth-order valence-corrected chi connectivity index (χ4v) is 3.06. The lowest BCUT2D eigenvalue weighted by molar-refractivity contribution is 0.0936. The minimum Gasteiger partial charge on any atom is -0.378 e. The third kappa shape index (κ3) is 4.23. The summed E-state index contributed by atoms with van der Waals surface area (Å²) in [4.78, 5) is 5.01. The summed E-state index contributed by atoms with van der Waals surface area (Å²) in [6.07, 6.45) is 8.37. The summed E-state index contributed by atoms with van der Waals surface area (Å²) in [5.74, 6) is 0. The van der Waals surface area contributed by atoms with Crippen LogP contribution in [-0.2, 0) is 4.74 Å². The molecule has 2 aliphatic rings. The maximum absolute atomic E-state index is 5.67. The fraction of sp³-hybridized carbons (Fsp3) is 1.00. The van der Waals surface area contributed by atoms with Gasteiger partial charge in [0.05, 0.1) is 6.10 Å². The summed E-state index contributed by atoms with van der Waals surface area (Å²) in [5, 5.41) is 0. The molecule has 3 heteroatoms. The van der Waals surface area contributed by atoms with Gasteiger partial charge in [-0.1, -0.05) is 0 Å². The van der Waals surface area contributed by atoms with Gasteiger partial charge in [0.15, 0.2) is 0 Å². The first-order chi connectivity index (χ1) is 8.25. The van der Waals surface area contributed by atoms with Gasteiger partial charge in [0.25, 0.3) is 0 Å². The molecule has 2 heterocycles. The van der Waals surface area contributed by atoms with Crippen LogP contribution < -0.4 is 0 Å². The van der Waals surface area contributed by atoms with E-state index in [1.54, 1.807) is 0 Å². The molecule has 0 N–H and O–H groups in total. The van der Waals surface area contributed by atoms with E-state index in [0.717, 1.165) is 12.6 Å². The average molecular weight is 240 g/mol. The summed E-state index contributed by atoms with van der Waals surface area (Å²) >= 11 is 0. The van der Waals surface area contributed by atoms with Gasteiger partial charge in [-0.3, -0.25) is 0 Å². The Morgan fingerprint density at radius 1 is 1.24 bits per heavy atom. The Bertz CT molecular complexity index is 208. The van der Waals surface area contributed by atoms with Gasteiger partial charge >= 0.3 is 0 Å². The zero-order valence-corrected chi connectivity index (χ0v) is 11.5. The molecular weight excluding hydrogens is 212 g/mol. The van der Waals surface area contributed by atoms with Crippen molar-refractivity contribution >= 4 is 0 Å². The normalized spacial score (nSPS) is 28.1. The van der Waals surface area contributed by atoms with Crippen LogP contribution in [0, 0.1) is 0 Å². The van der Waals surface area contributed by atoms with Crippen LogP contribution >= 0.6 is 0 Å². The summed E-state index contributed by atoms with van der Waals surface area (Å²) < 4.78 is 5.67. The van der Waals surface area contributed by atoms with Crippen LogP contribution in [0.2, 0.25) is 0 Å². The first-order valence-electron chi connectivity index (χ1n) is 7.26. The van der Waals surface area contributed by atoms with Crippen LogP contribution in [0.15, 0.2) is 0 Å². The molecule has 0 saturated carbocycles. The van der Waals surface area contributed by atoms with Crippen molar-refractivity contribution < 1.29 is 4.74 Å². The van der Waals surface area contributed by atoms with Crippen molar-refractivity contribution in [1.29, 1.82) is 0 Å². The van der Waals surface area contributed by atoms with Crippen molar-refractivity contribution in [2.24, 2.45) is 0 Å². The van der Waals surface area contributed by atoms with Crippen LogP contribution in [0.1, 0.15) is 38.5 Å². The predicted octanol–water partition coefficient (Wildman–Crippen LogP) is 1.97. The quantitative estimate of drug-likeness (QED) is 0.731. The number of hydrogen-bond donors (Lipinski definition) is 0. The van der Waals surface area contributed by atoms with Gasteiger partial charge in [-0.05, 0) is 72.3 Å². The SMILES string of the molecule is CN1CCC(N(C)CCC[C@H]2CCCO2)CC1. The second-order valence-corrected chi connectivity index (χ2v) is 5.79. The van der Waals surface area contributed by atoms with E-state index in [0.29, 0.717) is 6.10 Å². The molecule has 0 aromatic rings. The number of nitrogens with zero attached hydrogens (tertiary/aromatic N) is 2. The highest BCUT2D eigenvalue weighted by Gasteiger charge is 2.21. The van der Waals surface area contributed by atoms with Gasteiger partial charge in [0.1, 0.15) is 0 Å². The summed E-state index contributed by atoms with van der Waals surface area (Å²) in [6, 6.07) is 0.815. The molecule has 2 fully saturated rings. The third-order valence-corrected chi connectivity index (χ3v) is 4.37. The number of piperidine rings is 1. The lowest BCUT2D eigenvalue weighted by Crippen LogP contribution is -2.42. The van der Waals surface area contributed by atoms with Gasteiger partial charge in [-0.25, -0.2) is 0 Å². The highest BCUT2D eigenvalue weighted by Crippen LogP contribution is 2.18. The van der Waals surface area contributed by atoms with Crippen LogP contribution in [0.3, 0.4) is 0 Å². The van der Waals surface area contributed by atoms with E-state index in [1.165, 1.54) is 58.2 Å². The van der Waals surface area contributed by atoms with E-state index in [9.17, 15) is 0 Å². The van der Waals surface area contributed by atoms with Gasteiger partial charge in [-0.15, -0.1) is 0 Å². The topological polar surface area (TPSA) is 15.7 Å². The summed E-state index contributed by atoms with van der Waals surface area (Å²) in [7, 11) is 4.53. The van der Waals surface area contributed by atoms with E-state index in [-0.39, 0.29) is 0 Å². The molecular formula is C14H28N2O. The molecule has 0 amide bonds. The summed E-state index contributed by atoms with van der Waals surface area (Å²) in [6.45, 7) is 4.77. The Kier molecular flexibility index (Phi) is 5.26. The molecule has 0 unspecified atom stereocenters. The molecule has 100 valence electrons. The van der Waals surface area contributed by atoms with Crippen molar-refractivity contribution in [3.05, 3.63) is 0 Å². The Balaban J connectivity index is 1.58. The molecule has 2 aliphatic heterocycles. The predicted molar refractivity (Wildman–Crippen MR) is 71.4 cm³/mol. The molecule has 1 atom stereocenters. The molecule has 2 rings (SSSR count). The Morgan fingerprint density at radius 2 is 2.00 bits per heavy atom. The molecule has 0 aliphatic carbocycles. The van der Waals surface area contributed by atoms with Crippen LogP contribution in [0.25, 0.3) is 0 Å². The van der Waals surface area contributed by atoms with Crippen LogP contribution in [0.5, 0.6) is 0 Å². The fourth-order valence-electron chi connectivity index (χ4n) is 3.06. The van der Waals surface area contributed by atoms with E-state index in [4.69, 9.17) is 4.74 Å². The Hall–Kier alpha value is -0.120. The number of rotatable bonds is 5.